The van der Waals surface area contributed by atoms with Gasteiger partial charge in [0.05, 0.1) is 13.7 Å². The molecule has 1 unspecified atom stereocenters. The molecule has 0 saturated carbocycles. The molecule has 106 valence electrons. The van der Waals surface area contributed by atoms with E-state index in [0.29, 0.717) is 6.04 Å². The predicted octanol–water partition coefficient (Wildman–Crippen LogP) is 1.19. The van der Waals surface area contributed by atoms with E-state index in [4.69, 9.17) is 9.84 Å². The van der Waals surface area contributed by atoms with Crippen LogP contribution in [0.4, 0.5) is 0 Å². The Kier molecular flexibility index (Phi) is 5.19. The van der Waals surface area contributed by atoms with Crippen molar-refractivity contribution in [3.05, 3.63) is 29.8 Å². The van der Waals surface area contributed by atoms with Gasteiger partial charge in [0.1, 0.15) is 5.75 Å². The van der Waals surface area contributed by atoms with Crippen molar-refractivity contribution in [3.63, 3.8) is 0 Å². The van der Waals surface area contributed by atoms with Crippen LogP contribution >= 0.6 is 0 Å². The van der Waals surface area contributed by atoms with E-state index in [9.17, 15) is 0 Å². The number of benzene rings is 1. The quantitative estimate of drug-likeness (QED) is 0.837. The van der Waals surface area contributed by atoms with Crippen LogP contribution in [-0.2, 0) is 6.54 Å². The molecule has 0 aliphatic carbocycles. The Bertz CT molecular complexity index is 380. The molecule has 4 nitrogen and oxygen atoms in total. The molecule has 4 heteroatoms. The Morgan fingerprint density at radius 2 is 2.11 bits per heavy atom. The van der Waals surface area contributed by atoms with Crippen molar-refractivity contribution < 1.29 is 9.84 Å². The lowest BCUT2D eigenvalue weighted by atomic mass is 10.2. The average molecular weight is 264 g/mol. The van der Waals surface area contributed by atoms with E-state index in [1.165, 1.54) is 12.0 Å². The van der Waals surface area contributed by atoms with Crippen LogP contribution in [0, 0.1) is 0 Å². The van der Waals surface area contributed by atoms with Crippen molar-refractivity contribution in [2.24, 2.45) is 0 Å². The molecular formula is C15H24N2O2. The van der Waals surface area contributed by atoms with Crippen LogP contribution in [0.2, 0.25) is 0 Å². The van der Waals surface area contributed by atoms with Gasteiger partial charge in [-0.25, -0.2) is 0 Å². The number of methoxy groups -OCH3 is 1. The molecule has 0 aromatic heterocycles. The van der Waals surface area contributed by atoms with Crippen molar-refractivity contribution in [2.75, 3.05) is 40.4 Å². The van der Waals surface area contributed by atoms with Gasteiger partial charge in [-0.1, -0.05) is 12.1 Å². The summed E-state index contributed by atoms with van der Waals surface area (Å²) in [5, 5.41) is 8.98. The largest absolute Gasteiger partial charge is 0.497 e. The van der Waals surface area contributed by atoms with E-state index >= 15 is 0 Å². The van der Waals surface area contributed by atoms with Crippen molar-refractivity contribution in [2.45, 2.75) is 19.0 Å². The Labute approximate surface area is 115 Å². The number of rotatable bonds is 6. The van der Waals surface area contributed by atoms with E-state index in [-0.39, 0.29) is 6.61 Å². The first-order valence-corrected chi connectivity index (χ1v) is 6.89. The lowest BCUT2D eigenvalue weighted by Gasteiger charge is -2.23. The Morgan fingerprint density at radius 3 is 2.74 bits per heavy atom. The van der Waals surface area contributed by atoms with Gasteiger partial charge in [0, 0.05) is 32.2 Å². The third-order valence-electron chi connectivity index (χ3n) is 3.89. The van der Waals surface area contributed by atoms with Crippen LogP contribution in [0.25, 0.3) is 0 Å². The maximum atomic E-state index is 8.98. The van der Waals surface area contributed by atoms with Gasteiger partial charge in [0.25, 0.3) is 0 Å². The second-order valence-corrected chi connectivity index (χ2v) is 5.23. The number of hydrogen-bond acceptors (Lipinski definition) is 4. The highest BCUT2D eigenvalue weighted by Crippen LogP contribution is 2.18. The SMILES string of the molecule is COc1ccc(CN2CCC(N(C)CCO)C2)cc1. The van der Waals surface area contributed by atoms with Gasteiger partial charge >= 0.3 is 0 Å². The first kappa shape index (κ1) is 14.3. The fourth-order valence-corrected chi connectivity index (χ4v) is 2.65. The number of likely N-dealkylation sites (tertiary alicyclic amines) is 1. The number of likely N-dealkylation sites (N-methyl/N-ethyl adjacent to an activating group) is 1. The molecule has 0 radical (unpaired) electrons. The summed E-state index contributed by atoms with van der Waals surface area (Å²) >= 11 is 0. The highest BCUT2D eigenvalue weighted by Gasteiger charge is 2.25. The van der Waals surface area contributed by atoms with Crippen molar-refractivity contribution in [3.8, 4) is 5.75 Å². The van der Waals surface area contributed by atoms with Crippen LogP contribution in [0.1, 0.15) is 12.0 Å². The van der Waals surface area contributed by atoms with Crippen LogP contribution in [0.3, 0.4) is 0 Å². The summed E-state index contributed by atoms with van der Waals surface area (Å²) in [6.45, 7) is 4.22. The molecule has 1 atom stereocenters. The average Bonchev–Trinajstić information content (AvgIpc) is 2.88. The van der Waals surface area contributed by atoms with Gasteiger partial charge in [-0.15, -0.1) is 0 Å². The smallest absolute Gasteiger partial charge is 0.118 e. The summed E-state index contributed by atoms with van der Waals surface area (Å²) in [5.74, 6) is 0.908. The van der Waals surface area contributed by atoms with Crippen LogP contribution in [-0.4, -0.2) is 61.3 Å². The molecule has 19 heavy (non-hydrogen) atoms. The summed E-state index contributed by atoms with van der Waals surface area (Å²) in [7, 11) is 3.79. The van der Waals surface area contributed by atoms with Crippen LogP contribution < -0.4 is 4.74 Å². The lowest BCUT2D eigenvalue weighted by Crippen LogP contribution is -2.36. The van der Waals surface area contributed by atoms with E-state index in [1.54, 1.807) is 7.11 Å². The molecular weight excluding hydrogens is 240 g/mol. The molecule has 1 fully saturated rings. The lowest BCUT2D eigenvalue weighted by molar-refractivity contribution is 0.177. The van der Waals surface area contributed by atoms with Crippen LogP contribution in [0.5, 0.6) is 5.75 Å². The van der Waals surface area contributed by atoms with Gasteiger partial charge in [-0.3, -0.25) is 9.80 Å². The molecule has 1 aromatic carbocycles. The maximum absolute atomic E-state index is 8.98. The Morgan fingerprint density at radius 1 is 1.37 bits per heavy atom. The van der Waals surface area contributed by atoms with Crippen molar-refractivity contribution in [1.82, 2.24) is 9.80 Å². The molecule has 0 amide bonds. The normalized spacial score (nSPS) is 20.1. The molecule has 1 saturated heterocycles. The zero-order valence-electron chi connectivity index (χ0n) is 11.9. The molecule has 0 bridgehead atoms. The monoisotopic (exact) mass is 264 g/mol. The summed E-state index contributed by atoms with van der Waals surface area (Å²) in [6.07, 6.45) is 1.19. The second-order valence-electron chi connectivity index (χ2n) is 5.23. The molecule has 1 aliphatic rings. The zero-order valence-corrected chi connectivity index (χ0v) is 11.9. The Balaban J connectivity index is 1.84. The van der Waals surface area contributed by atoms with E-state index in [1.807, 2.05) is 12.1 Å². The first-order chi connectivity index (χ1) is 9.22. The minimum Gasteiger partial charge on any atom is -0.497 e. The maximum Gasteiger partial charge on any atom is 0.118 e. The third kappa shape index (κ3) is 3.93. The van der Waals surface area contributed by atoms with Gasteiger partial charge in [0.2, 0.25) is 0 Å². The van der Waals surface area contributed by atoms with Crippen molar-refractivity contribution in [1.29, 1.82) is 0 Å². The number of hydrogen-bond donors (Lipinski definition) is 1. The highest BCUT2D eigenvalue weighted by molar-refractivity contribution is 5.27. The third-order valence-corrected chi connectivity index (χ3v) is 3.89. The minimum atomic E-state index is 0.242. The fourth-order valence-electron chi connectivity index (χ4n) is 2.65. The minimum absolute atomic E-state index is 0.242. The number of aliphatic hydroxyl groups is 1. The molecule has 1 aliphatic heterocycles. The summed E-state index contributed by atoms with van der Waals surface area (Å²) in [6, 6.07) is 8.86. The van der Waals surface area contributed by atoms with E-state index in [2.05, 4.69) is 29.0 Å². The fraction of sp³-hybridized carbons (Fsp3) is 0.600. The molecule has 1 aromatic rings. The first-order valence-electron chi connectivity index (χ1n) is 6.89. The standard InChI is InChI=1S/C15H24N2O2/c1-16(9-10-18)14-7-8-17(12-14)11-13-3-5-15(19-2)6-4-13/h3-6,14,18H,7-12H2,1-2H3. The predicted molar refractivity (Wildman–Crippen MR) is 76.4 cm³/mol. The summed E-state index contributed by atoms with van der Waals surface area (Å²) < 4.78 is 5.17. The topological polar surface area (TPSA) is 35.9 Å². The van der Waals surface area contributed by atoms with E-state index < -0.39 is 0 Å². The summed E-state index contributed by atoms with van der Waals surface area (Å²) in [4.78, 5) is 4.73. The van der Waals surface area contributed by atoms with Gasteiger partial charge < -0.3 is 9.84 Å². The molecule has 1 heterocycles. The van der Waals surface area contributed by atoms with Crippen LogP contribution in [0.15, 0.2) is 24.3 Å². The molecule has 1 N–H and O–H groups in total. The van der Waals surface area contributed by atoms with Crippen molar-refractivity contribution >= 4 is 0 Å². The Hall–Kier alpha value is -1.10. The van der Waals surface area contributed by atoms with Gasteiger partial charge in [-0.2, -0.15) is 0 Å². The van der Waals surface area contributed by atoms with Gasteiger partial charge in [0.15, 0.2) is 0 Å². The number of ether oxygens (including phenoxy) is 1. The van der Waals surface area contributed by atoms with E-state index in [0.717, 1.165) is 31.9 Å². The highest BCUT2D eigenvalue weighted by atomic mass is 16.5. The zero-order chi connectivity index (χ0) is 13.7. The second kappa shape index (κ2) is 6.89. The summed E-state index contributed by atoms with van der Waals surface area (Å²) in [5.41, 5.74) is 1.33. The molecule has 2 rings (SSSR count). The molecule has 0 spiro atoms. The number of nitrogens with zero attached hydrogens (tertiary/aromatic N) is 2. The van der Waals surface area contributed by atoms with Gasteiger partial charge in [-0.05, 0) is 31.2 Å². The number of aliphatic hydroxyl groups excluding tert-OH is 1.